The molecule has 0 saturated heterocycles. The number of hydrogen-bond acceptors (Lipinski definition) is 5. The second kappa shape index (κ2) is 7.03. The zero-order valence-electron chi connectivity index (χ0n) is 8.86. The van der Waals surface area contributed by atoms with Crippen LogP contribution in [0.1, 0.15) is 0 Å². The van der Waals surface area contributed by atoms with E-state index in [9.17, 15) is 0 Å². The number of aliphatic hydroxyl groups excluding tert-OH is 1. The van der Waals surface area contributed by atoms with Crippen LogP contribution in [-0.4, -0.2) is 43.5 Å². The summed E-state index contributed by atoms with van der Waals surface area (Å²) in [5.41, 5.74) is 1.92. The van der Waals surface area contributed by atoms with Crippen LogP contribution in [0.3, 0.4) is 0 Å². The van der Waals surface area contributed by atoms with Crippen molar-refractivity contribution >= 4 is 11.4 Å². The van der Waals surface area contributed by atoms with Crippen LogP contribution >= 0.6 is 0 Å². The van der Waals surface area contributed by atoms with Crippen LogP contribution in [0, 0.1) is 0 Å². The number of ether oxygens (including phenoxy) is 1. The summed E-state index contributed by atoms with van der Waals surface area (Å²) in [5, 5.41) is 14.7. The molecular formula is C10H17N3O2. The number of nitrogens with one attached hydrogen (secondary N) is 2. The van der Waals surface area contributed by atoms with Crippen molar-refractivity contribution in [3.8, 4) is 0 Å². The van der Waals surface area contributed by atoms with Gasteiger partial charge in [0.1, 0.15) is 0 Å². The van der Waals surface area contributed by atoms with E-state index >= 15 is 0 Å². The van der Waals surface area contributed by atoms with Crippen LogP contribution in [0.5, 0.6) is 0 Å². The smallest absolute Gasteiger partial charge is 0.0698 e. The number of rotatable bonds is 7. The first-order chi connectivity index (χ1) is 7.36. The Morgan fingerprint density at radius 2 is 2.13 bits per heavy atom. The van der Waals surface area contributed by atoms with Gasteiger partial charge in [-0.05, 0) is 6.07 Å². The summed E-state index contributed by atoms with van der Waals surface area (Å²) in [6, 6.07) is 1.97. The number of anilines is 2. The lowest BCUT2D eigenvalue weighted by Gasteiger charge is -2.07. The molecule has 0 spiro atoms. The molecule has 0 unspecified atom stereocenters. The Morgan fingerprint density at radius 1 is 1.33 bits per heavy atom. The summed E-state index contributed by atoms with van der Waals surface area (Å²) in [4.78, 5) is 4.06. The molecule has 0 aliphatic rings. The topological polar surface area (TPSA) is 66.4 Å². The van der Waals surface area contributed by atoms with Crippen molar-refractivity contribution in [2.24, 2.45) is 0 Å². The van der Waals surface area contributed by atoms with Crippen molar-refractivity contribution in [2.45, 2.75) is 0 Å². The third-order valence-electron chi connectivity index (χ3n) is 1.84. The fourth-order valence-electron chi connectivity index (χ4n) is 1.11. The molecule has 5 heteroatoms. The Balaban J connectivity index is 2.24. The monoisotopic (exact) mass is 211 g/mol. The maximum Gasteiger partial charge on any atom is 0.0698 e. The molecule has 5 nitrogen and oxygen atoms in total. The number of aliphatic hydroxyl groups is 1. The zero-order chi connectivity index (χ0) is 10.9. The molecule has 1 aromatic rings. The molecule has 1 rings (SSSR count). The van der Waals surface area contributed by atoms with E-state index in [1.807, 2.05) is 13.1 Å². The van der Waals surface area contributed by atoms with Crippen molar-refractivity contribution < 1.29 is 9.84 Å². The molecule has 0 saturated carbocycles. The van der Waals surface area contributed by atoms with E-state index in [4.69, 9.17) is 9.84 Å². The van der Waals surface area contributed by atoms with Gasteiger partial charge in [0, 0.05) is 13.6 Å². The molecule has 0 radical (unpaired) electrons. The maximum atomic E-state index is 8.49. The Hall–Kier alpha value is -1.33. The van der Waals surface area contributed by atoms with Crippen LogP contribution in [0.4, 0.5) is 11.4 Å². The molecule has 0 aliphatic heterocycles. The SMILES string of the molecule is CNc1cncc(NCCOCCO)c1. The van der Waals surface area contributed by atoms with Gasteiger partial charge in [0.25, 0.3) is 0 Å². The van der Waals surface area contributed by atoms with Gasteiger partial charge in [-0.1, -0.05) is 0 Å². The second-order valence-electron chi connectivity index (χ2n) is 2.98. The Bertz CT molecular complexity index is 281. The minimum absolute atomic E-state index is 0.0663. The quantitative estimate of drug-likeness (QED) is 0.575. The first-order valence-electron chi connectivity index (χ1n) is 4.92. The highest BCUT2D eigenvalue weighted by Gasteiger charge is 1.94. The average molecular weight is 211 g/mol. The Morgan fingerprint density at radius 3 is 2.87 bits per heavy atom. The summed E-state index contributed by atoms with van der Waals surface area (Å²) in [5.74, 6) is 0. The maximum absolute atomic E-state index is 8.49. The van der Waals surface area contributed by atoms with Gasteiger partial charge < -0.3 is 20.5 Å². The summed E-state index contributed by atoms with van der Waals surface area (Å²) >= 11 is 0. The first kappa shape index (κ1) is 11.7. The third-order valence-corrected chi connectivity index (χ3v) is 1.84. The van der Waals surface area contributed by atoms with E-state index in [2.05, 4.69) is 15.6 Å². The molecule has 0 bridgehead atoms. The van der Waals surface area contributed by atoms with Crippen molar-refractivity contribution in [2.75, 3.05) is 44.0 Å². The van der Waals surface area contributed by atoms with E-state index in [-0.39, 0.29) is 6.61 Å². The van der Waals surface area contributed by atoms with Gasteiger partial charge in [0.15, 0.2) is 0 Å². The highest BCUT2D eigenvalue weighted by molar-refractivity contribution is 5.53. The fourth-order valence-corrected chi connectivity index (χ4v) is 1.11. The van der Waals surface area contributed by atoms with Gasteiger partial charge in [-0.2, -0.15) is 0 Å². The lowest BCUT2D eigenvalue weighted by molar-refractivity contribution is 0.0992. The average Bonchev–Trinajstić information content (AvgIpc) is 2.29. The summed E-state index contributed by atoms with van der Waals surface area (Å²) in [6.07, 6.45) is 3.51. The van der Waals surface area contributed by atoms with Crippen LogP contribution in [-0.2, 0) is 4.74 Å². The van der Waals surface area contributed by atoms with E-state index in [0.717, 1.165) is 11.4 Å². The predicted octanol–water partition coefficient (Wildman–Crippen LogP) is 0.544. The summed E-state index contributed by atoms with van der Waals surface area (Å²) in [7, 11) is 1.85. The molecular weight excluding hydrogens is 194 g/mol. The van der Waals surface area contributed by atoms with Crippen molar-refractivity contribution in [1.82, 2.24) is 4.98 Å². The first-order valence-corrected chi connectivity index (χ1v) is 4.92. The van der Waals surface area contributed by atoms with Crippen molar-refractivity contribution in [3.05, 3.63) is 18.5 Å². The normalized spacial score (nSPS) is 10.0. The number of aromatic nitrogens is 1. The molecule has 0 fully saturated rings. The molecule has 1 aromatic heterocycles. The molecule has 0 atom stereocenters. The highest BCUT2D eigenvalue weighted by Crippen LogP contribution is 2.11. The van der Waals surface area contributed by atoms with Crippen molar-refractivity contribution in [3.63, 3.8) is 0 Å². The molecule has 1 heterocycles. The minimum Gasteiger partial charge on any atom is -0.394 e. The molecule has 84 valence electrons. The molecule has 15 heavy (non-hydrogen) atoms. The van der Waals surface area contributed by atoms with Crippen LogP contribution < -0.4 is 10.6 Å². The molecule has 0 aromatic carbocycles. The largest absolute Gasteiger partial charge is 0.394 e. The number of pyridine rings is 1. The van der Waals surface area contributed by atoms with Gasteiger partial charge in [0.05, 0.1) is 43.6 Å². The fraction of sp³-hybridized carbons (Fsp3) is 0.500. The van der Waals surface area contributed by atoms with E-state index < -0.39 is 0 Å². The molecule has 3 N–H and O–H groups in total. The minimum atomic E-state index is 0.0663. The number of hydrogen-bond donors (Lipinski definition) is 3. The van der Waals surface area contributed by atoms with E-state index in [1.165, 1.54) is 0 Å². The summed E-state index contributed by atoms with van der Waals surface area (Å²) in [6.45, 7) is 1.73. The molecule has 0 aliphatic carbocycles. The van der Waals surface area contributed by atoms with Crippen molar-refractivity contribution in [1.29, 1.82) is 0 Å². The standard InChI is InChI=1S/C10H17N3O2/c1-11-9-6-10(8-12-7-9)13-2-4-15-5-3-14/h6-8,11,13-14H,2-5H2,1H3. The van der Waals surface area contributed by atoms with Crippen LogP contribution in [0.25, 0.3) is 0 Å². The number of nitrogens with zero attached hydrogens (tertiary/aromatic N) is 1. The van der Waals surface area contributed by atoms with Gasteiger partial charge in [-0.25, -0.2) is 0 Å². The van der Waals surface area contributed by atoms with Crippen LogP contribution in [0.15, 0.2) is 18.5 Å². The lowest BCUT2D eigenvalue weighted by Crippen LogP contribution is -2.11. The zero-order valence-corrected chi connectivity index (χ0v) is 8.86. The third kappa shape index (κ3) is 4.62. The van der Waals surface area contributed by atoms with Gasteiger partial charge in [0.2, 0.25) is 0 Å². The van der Waals surface area contributed by atoms with Gasteiger partial charge in [-0.3, -0.25) is 4.98 Å². The predicted molar refractivity (Wildman–Crippen MR) is 60.2 cm³/mol. The van der Waals surface area contributed by atoms with Gasteiger partial charge >= 0.3 is 0 Å². The van der Waals surface area contributed by atoms with Gasteiger partial charge in [-0.15, -0.1) is 0 Å². The van der Waals surface area contributed by atoms with E-state index in [1.54, 1.807) is 12.4 Å². The summed E-state index contributed by atoms with van der Waals surface area (Å²) < 4.78 is 5.11. The molecule has 0 amide bonds. The lowest BCUT2D eigenvalue weighted by atomic mass is 10.3. The van der Waals surface area contributed by atoms with E-state index in [0.29, 0.717) is 19.8 Å². The second-order valence-corrected chi connectivity index (χ2v) is 2.98. The Labute approximate surface area is 89.5 Å². The Kier molecular flexibility index (Phi) is 5.50. The highest BCUT2D eigenvalue weighted by atomic mass is 16.5. The van der Waals surface area contributed by atoms with Crippen LogP contribution in [0.2, 0.25) is 0 Å².